The Hall–Kier alpha value is -1.55. The number of nitrogens with zero attached hydrogens (tertiary/aromatic N) is 1. The number of rotatable bonds is 4. The molecule has 0 atom stereocenters. The summed E-state index contributed by atoms with van der Waals surface area (Å²) in [4.78, 5) is 13.8. The van der Waals surface area contributed by atoms with Gasteiger partial charge in [-0.25, -0.2) is 0 Å². The van der Waals surface area contributed by atoms with Gasteiger partial charge in [0.2, 0.25) is 5.91 Å². The van der Waals surface area contributed by atoms with Gasteiger partial charge in [0.25, 0.3) is 0 Å². The number of carbonyl (C=O) groups excluding carboxylic acids is 1. The molecule has 0 radical (unpaired) electrons. The number of amides is 1. The Morgan fingerprint density at radius 3 is 2.18 bits per heavy atom. The molecule has 1 amide bonds. The molecule has 4 nitrogen and oxygen atoms in total. The van der Waals surface area contributed by atoms with Crippen LogP contribution in [-0.4, -0.2) is 23.6 Å². The van der Waals surface area contributed by atoms with Gasteiger partial charge in [0.05, 0.1) is 5.54 Å². The summed E-state index contributed by atoms with van der Waals surface area (Å²) < 4.78 is 0. The minimum absolute atomic E-state index is 0.104. The zero-order valence-corrected chi connectivity index (χ0v) is 10.6. The molecule has 0 spiro atoms. The van der Waals surface area contributed by atoms with Gasteiger partial charge >= 0.3 is 0 Å². The zero-order chi connectivity index (χ0) is 13.1. The maximum absolute atomic E-state index is 12.3. The zero-order valence-electron chi connectivity index (χ0n) is 10.6. The summed E-state index contributed by atoms with van der Waals surface area (Å²) in [6.07, 6.45) is 1.20. The second-order valence-corrected chi connectivity index (χ2v) is 4.24. The van der Waals surface area contributed by atoms with E-state index in [-0.39, 0.29) is 11.7 Å². The fourth-order valence-corrected chi connectivity index (χ4v) is 1.68. The van der Waals surface area contributed by atoms with E-state index >= 15 is 0 Å². The van der Waals surface area contributed by atoms with E-state index < -0.39 is 5.54 Å². The summed E-state index contributed by atoms with van der Waals surface area (Å²) in [5.74, 6) is 0.0767. The summed E-state index contributed by atoms with van der Waals surface area (Å²) in [6, 6.07) is 6.49. The third-order valence-electron chi connectivity index (χ3n) is 3.23. The van der Waals surface area contributed by atoms with Crippen LogP contribution in [0.3, 0.4) is 0 Å². The lowest BCUT2D eigenvalue weighted by molar-refractivity contribution is -0.123. The van der Waals surface area contributed by atoms with Gasteiger partial charge in [-0.05, 0) is 37.1 Å². The standard InChI is InChI=1S/C13H20N2O2/c1-4-13(14,5-2)12(17)15(3)10-6-8-11(16)9-7-10/h6-9,16H,4-5,14H2,1-3H3. The largest absolute Gasteiger partial charge is 0.508 e. The SMILES string of the molecule is CCC(N)(CC)C(=O)N(C)c1ccc(O)cc1. The number of hydrogen-bond acceptors (Lipinski definition) is 3. The van der Waals surface area contributed by atoms with Crippen molar-refractivity contribution in [1.82, 2.24) is 0 Å². The van der Waals surface area contributed by atoms with E-state index in [1.807, 2.05) is 13.8 Å². The molecule has 0 aliphatic carbocycles. The van der Waals surface area contributed by atoms with Gasteiger partial charge in [-0.2, -0.15) is 0 Å². The smallest absolute Gasteiger partial charge is 0.246 e. The molecule has 0 unspecified atom stereocenters. The van der Waals surface area contributed by atoms with E-state index in [1.165, 1.54) is 4.90 Å². The van der Waals surface area contributed by atoms with E-state index in [0.717, 1.165) is 5.69 Å². The average Bonchev–Trinajstić information content (AvgIpc) is 2.37. The molecule has 94 valence electrons. The second-order valence-electron chi connectivity index (χ2n) is 4.24. The number of anilines is 1. The molecular weight excluding hydrogens is 216 g/mol. The lowest BCUT2D eigenvalue weighted by atomic mass is 9.92. The molecule has 17 heavy (non-hydrogen) atoms. The molecule has 0 bridgehead atoms. The number of nitrogens with two attached hydrogens (primary N) is 1. The maximum Gasteiger partial charge on any atom is 0.246 e. The van der Waals surface area contributed by atoms with E-state index in [0.29, 0.717) is 12.8 Å². The molecule has 4 heteroatoms. The molecule has 1 aromatic carbocycles. The lowest BCUT2D eigenvalue weighted by Crippen LogP contribution is -2.53. The summed E-state index contributed by atoms with van der Waals surface area (Å²) >= 11 is 0. The lowest BCUT2D eigenvalue weighted by Gasteiger charge is -2.30. The van der Waals surface area contributed by atoms with Crippen molar-refractivity contribution in [1.29, 1.82) is 0 Å². The Morgan fingerprint density at radius 1 is 1.29 bits per heavy atom. The predicted molar refractivity (Wildman–Crippen MR) is 69.0 cm³/mol. The monoisotopic (exact) mass is 236 g/mol. The Labute approximate surface area is 102 Å². The van der Waals surface area contributed by atoms with E-state index in [9.17, 15) is 9.90 Å². The van der Waals surface area contributed by atoms with Gasteiger partial charge in [-0.1, -0.05) is 13.8 Å². The number of phenols is 1. The van der Waals surface area contributed by atoms with Crippen LogP contribution in [0.2, 0.25) is 0 Å². The van der Waals surface area contributed by atoms with Crippen LogP contribution >= 0.6 is 0 Å². The summed E-state index contributed by atoms with van der Waals surface area (Å²) in [7, 11) is 1.70. The topological polar surface area (TPSA) is 66.6 Å². The first-order valence-corrected chi connectivity index (χ1v) is 5.80. The molecule has 1 rings (SSSR count). The van der Waals surface area contributed by atoms with Crippen LogP contribution < -0.4 is 10.6 Å². The average molecular weight is 236 g/mol. The third-order valence-corrected chi connectivity index (χ3v) is 3.23. The summed E-state index contributed by atoms with van der Waals surface area (Å²) in [5, 5.41) is 9.20. The number of benzene rings is 1. The van der Waals surface area contributed by atoms with Crippen molar-refractivity contribution < 1.29 is 9.90 Å². The van der Waals surface area contributed by atoms with Crippen molar-refractivity contribution in [2.75, 3.05) is 11.9 Å². The molecule has 3 N–H and O–H groups in total. The van der Waals surface area contributed by atoms with Gasteiger partial charge in [-0.3, -0.25) is 4.79 Å². The van der Waals surface area contributed by atoms with Crippen molar-refractivity contribution >= 4 is 11.6 Å². The Balaban J connectivity index is 2.93. The van der Waals surface area contributed by atoms with Crippen LogP contribution in [0, 0.1) is 0 Å². The van der Waals surface area contributed by atoms with Crippen LogP contribution in [-0.2, 0) is 4.79 Å². The van der Waals surface area contributed by atoms with Crippen LogP contribution in [0.25, 0.3) is 0 Å². The van der Waals surface area contributed by atoms with Crippen molar-refractivity contribution in [3.05, 3.63) is 24.3 Å². The van der Waals surface area contributed by atoms with Gasteiger partial charge in [0.15, 0.2) is 0 Å². The number of hydrogen-bond donors (Lipinski definition) is 2. The third kappa shape index (κ3) is 2.77. The van der Waals surface area contributed by atoms with E-state index in [1.54, 1.807) is 31.3 Å². The number of carbonyl (C=O) groups is 1. The Kier molecular flexibility index (Phi) is 4.12. The quantitative estimate of drug-likeness (QED) is 0.838. The van der Waals surface area contributed by atoms with Crippen LogP contribution in [0.15, 0.2) is 24.3 Å². The van der Waals surface area contributed by atoms with Crippen LogP contribution in [0.4, 0.5) is 5.69 Å². The number of phenolic OH excluding ortho intramolecular Hbond substituents is 1. The molecule has 0 saturated carbocycles. The van der Waals surface area contributed by atoms with Crippen LogP contribution in [0.1, 0.15) is 26.7 Å². The number of likely N-dealkylation sites (N-methyl/N-ethyl adjacent to an activating group) is 1. The highest BCUT2D eigenvalue weighted by Gasteiger charge is 2.33. The fraction of sp³-hybridized carbons (Fsp3) is 0.462. The summed E-state index contributed by atoms with van der Waals surface area (Å²) in [6.45, 7) is 3.82. The van der Waals surface area contributed by atoms with Gasteiger partial charge in [0.1, 0.15) is 5.75 Å². The summed E-state index contributed by atoms with van der Waals surface area (Å²) in [5.41, 5.74) is 5.98. The van der Waals surface area contributed by atoms with Crippen molar-refractivity contribution in [3.8, 4) is 5.75 Å². The van der Waals surface area contributed by atoms with E-state index in [2.05, 4.69) is 0 Å². The molecule has 1 aromatic rings. The molecule has 0 saturated heterocycles. The first-order chi connectivity index (χ1) is 7.94. The molecule has 0 aliphatic heterocycles. The molecule has 0 heterocycles. The van der Waals surface area contributed by atoms with Crippen molar-refractivity contribution in [2.45, 2.75) is 32.2 Å². The first-order valence-electron chi connectivity index (χ1n) is 5.80. The van der Waals surface area contributed by atoms with Crippen molar-refractivity contribution in [3.63, 3.8) is 0 Å². The van der Waals surface area contributed by atoms with Gasteiger partial charge in [-0.15, -0.1) is 0 Å². The Morgan fingerprint density at radius 2 is 1.76 bits per heavy atom. The second kappa shape index (κ2) is 5.19. The number of aromatic hydroxyl groups is 1. The minimum atomic E-state index is -0.813. The minimum Gasteiger partial charge on any atom is -0.508 e. The van der Waals surface area contributed by atoms with Crippen molar-refractivity contribution in [2.24, 2.45) is 5.73 Å². The molecule has 0 aliphatic rings. The highest BCUT2D eigenvalue weighted by atomic mass is 16.3. The Bertz CT molecular complexity index is 383. The molecule has 0 aromatic heterocycles. The normalized spacial score (nSPS) is 11.3. The molecule has 0 fully saturated rings. The molecular formula is C13H20N2O2. The van der Waals surface area contributed by atoms with Gasteiger partial charge < -0.3 is 15.7 Å². The van der Waals surface area contributed by atoms with E-state index in [4.69, 9.17) is 5.73 Å². The highest BCUT2D eigenvalue weighted by molar-refractivity contribution is 5.99. The van der Waals surface area contributed by atoms with Crippen LogP contribution in [0.5, 0.6) is 5.75 Å². The van der Waals surface area contributed by atoms with Gasteiger partial charge in [0, 0.05) is 12.7 Å². The highest BCUT2D eigenvalue weighted by Crippen LogP contribution is 2.22. The maximum atomic E-state index is 12.3. The predicted octanol–water partition coefficient (Wildman–Crippen LogP) is 1.87. The fourth-order valence-electron chi connectivity index (χ4n) is 1.68. The first kappa shape index (κ1) is 13.5.